The molecule has 0 fully saturated rings. The quantitative estimate of drug-likeness (QED) is 0.674. The number of nitrogens with zero attached hydrogens (tertiary/aromatic N) is 1. The van der Waals surface area contributed by atoms with E-state index in [2.05, 4.69) is 10.5 Å². The number of hydrogen-bond donors (Lipinski definition) is 1. The molecule has 0 heterocycles. The van der Waals surface area contributed by atoms with Crippen LogP contribution in [0.2, 0.25) is 10.0 Å². The van der Waals surface area contributed by atoms with Gasteiger partial charge in [0.15, 0.2) is 0 Å². The van der Waals surface area contributed by atoms with E-state index in [1.807, 2.05) is 25.1 Å². The van der Waals surface area contributed by atoms with Crippen LogP contribution < -0.4 is 5.43 Å². The highest BCUT2D eigenvalue weighted by atomic mass is 35.5. The zero-order valence-electron chi connectivity index (χ0n) is 10.7. The number of carbonyl (C=O) groups excluding carboxylic acids is 1. The molecule has 0 aliphatic heterocycles. The highest BCUT2D eigenvalue weighted by molar-refractivity contribution is 6.34. The topological polar surface area (TPSA) is 41.5 Å². The van der Waals surface area contributed by atoms with Gasteiger partial charge in [-0.25, -0.2) is 5.43 Å². The van der Waals surface area contributed by atoms with Crippen LogP contribution in [0.3, 0.4) is 0 Å². The Labute approximate surface area is 127 Å². The van der Waals surface area contributed by atoms with Crippen molar-refractivity contribution < 1.29 is 4.79 Å². The smallest absolute Gasteiger partial charge is 0.267 e. The molecular formula is C15H12Cl2N2O. The summed E-state index contributed by atoms with van der Waals surface area (Å²) < 4.78 is 0. The number of nitrogens with one attached hydrogen (secondary N) is 1. The Balaban J connectivity index is 2.05. The van der Waals surface area contributed by atoms with Crippen LogP contribution in [0.5, 0.6) is 0 Å². The van der Waals surface area contributed by atoms with Crippen LogP contribution in [0, 0.1) is 6.92 Å². The minimum atomic E-state index is -0.353. The highest BCUT2D eigenvalue weighted by Gasteiger charge is 2.08. The number of benzene rings is 2. The van der Waals surface area contributed by atoms with Crippen molar-refractivity contribution >= 4 is 35.3 Å². The third-order valence-corrected chi connectivity index (χ3v) is 3.15. The molecule has 0 aliphatic carbocycles. The SMILES string of the molecule is Cc1ccc(C(=O)N/N=C\c2cccc(Cl)c2)c(Cl)c1. The van der Waals surface area contributed by atoms with Gasteiger partial charge < -0.3 is 0 Å². The Kier molecular flexibility index (Phi) is 4.77. The molecule has 1 amide bonds. The lowest BCUT2D eigenvalue weighted by Gasteiger charge is -2.03. The van der Waals surface area contributed by atoms with Crippen molar-refractivity contribution in [3.8, 4) is 0 Å². The van der Waals surface area contributed by atoms with Crippen LogP contribution in [-0.4, -0.2) is 12.1 Å². The summed E-state index contributed by atoms with van der Waals surface area (Å²) in [5, 5.41) is 4.90. The molecule has 0 spiro atoms. The molecule has 0 radical (unpaired) electrons. The number of rotatable bonds is 3. The van der Waals surface area contributed by atoms with Crippen molar-refractivity contribution in [1.29, 1.82) is 0 Å². The van der Waals surface area contributed by atoms with Gasteiger partial charge in [0.1, 0.15) is 0 Å². The standard InChI is InChI=1S/C15H12Cl2N2O/c1-10-5-6-13(14(17)7-10)15(20)19-18-9-11-3-2-4-12(16)8-11/h2-9H,1H3,(H,19,20)/b18-9-. The Hall–Kier alpha value is -1.84. The zero-order valence-corrected chi connectivity index (χ0v) is 12.2. The predicted molar refractivity (Wildman–Crippen MR) is 82.7 cm³/mol. The van der Waals surface area contributed by atoms with Crippen LogP contribution in [0.15, 0.2) is 47.6 Å². The van der Waals surface area contributed by atoms with E-state index in [-0.39, 0.29) is 5.91 Å². The van der Waals surface area contributed by atoms with Crippen LogP contribution >= 0.6 is 23.2 Å². The monoisotopic (exact) mass is 306 g/mol. The van der Waals surface area contributed by atoms with Crippen molar-refractivity contribution in [2.75, 3.05) is 0 Å². The summed E-state index contributed by atoms with van der Waals surface area (Å²) in [5.41, 5.74) is 4.61. The van der Waals surface area contributed by atoms with Crippen LogP contribution in [0.4, 0.5) is 0 Å². The first kappa shape index (κ1) is 14.6. The summed E-state index contributed by atoms with van der Waals surface area (Å²) in [6, 6.07) is 12.4. The summed E-state index contributed by atoms with van der Waals surface area (Å²) in [4.78, 5) is 11.9. The second kappa shape index (κ2) is 6.55. The molecule has 2 aromatic carbocycles. The van der Waals surface area contributed by atoms with E-state index in [9.17, 15) is 4.79 Å². The summed E-state index contributed by atoms with van der Waals surface area (Å²) in [6.07, 6.45) is 1.52. The van der Waals surface area contributed by atoms with Gasteiger partial charge in [-0.3, -0.25) is 4.79 Å². The first-order valence-electron chi connectivity index (χ1n) is 5.91. The van der Waals surface area contributed by atoms with Gasteiger partial charge in [0.2, 0.25) is 0 Å². The van der Waals surface area contributed by atoms with Gasteiger partial charge in [-0.15, -0.1) is 0 Å². The first-order chi connectivity index (χ1) is 9.56. The van der Waals surface area contributed by atoms with Gasteiger partial charge in [0.25, 0.3) is 5.91 Å². The average molecular weight is 307 g/mol. The van der Waals surface area contributed by atoms with E-state index in [1.54, 1.807) is 24.3 Å². The fourth-order valence-corrected chi connectivity index (χ4v) is 2.14. The van der Waals surface area contributed by atoms with Crippen molar-refractivity contribution in [3.05, 3.63) is 69.2 Å². The fourth-order valence-electron chi connectivity index (χ4n) is 1.62. The zero-order chi connectivity index (χ0) is 14.5. The molecule has 2 aromatic rings. The number of hydrazone groups is 1. The van der Waals surface area contributed by atoms with E-state index in [4.69, 9.17) is 23.2 Å². The predicted octanol–water partition coefficient (Wildman–Crippen LogP) is 4.07. The number of aryl methyl sites for hydroxylation is 1. The molecule has 1 N–H and O–H groups in total. The second-order valence-corrected chi connectivity index (χ2v) is 5.08. The summed E-state index contributed by atoms with van der Waals surface area (Å²) in [7, 11) is 0. The van der Waals surface area contributed by atoms with E-state index >= 15 is 0 Å². The van der Waals surface area contributed by atoms with Crippen molar-refractivity contribution in [1.82, 2.24) is 5.43 Å². The molecule has 2 rings (SSSR count). The molecule has 0 aromatic heterocycles. The maximum absolute atomic E-state index is 11.9. The Morgan fingerprint density at radius 2 is 2.00 bits per heavy atom. The van der Waals surface area contributed by atoms with E-state index < -0.39 is 0 Å². The molecule has 0 unspecified atom stereocenters. The minimum absolute atomic E-state index is 0.353. The van der Waals surface area contributed by atoms with Gasteiger partial charge >= 0.3 is 0 Å². The van der Waals surface area contributed by atoms with Crippen LogP contribution in [0.25, 0.3) is 0 Å². The Morgan fingerprint density at radius 1 is 1.20 bits per heavy atom. The number of halogens is 2. The van der Waals surface area contributed by atoms with Crippen molar-refractivity contribution in [2.45, 2.75) is 6.92 Å². The minimum Gasteiger partial charge on any atom is -0.267 e. The van der Waals surface area contributed by atoms with Gasteiger partial charge in [-0.05, 0) is 42.3 Å². The first-order valence-corrected chi connectivity index (χ1v) is 6.67. The van der Waals surface area contributed by atoms with Crippen LogP contribution in [0.1, 0.15) is 21.5 Å². The third-order valence-electron chi connectivity index (χ3n) is 2.60. The van der Waals surface area contributed by atoms with Crippen molar-refractivity contribution in [3.63, 3.8) is 0 Å². The molecular weight excluding hydrogens is 295 g/mol. The number of amides is 1. The normalized spacial score (nSPS) is 10.8. The fraction of sp³-hybridized carbons (Fsp3) is 0.0667. The van der Waals surface area contributed by atoms with Gasteiger partial charge in [0.05, 0.1) is 16.8 Å². The molecule has 0 aliphatic rings. The Morgan fingerprint density at radius 3 is 2.70 bits per heavy atom. The Bertz CT molecular complexity index is 669. The number of carbonyl (C=O) groups is 1. The van der Waals surface area contributed by atoms with E-state index in [1.165, 1.54) is 6.21 Å². The lowest BCUT2D eigenvalue weighted by molar-refractivity contribution is 0.0955. The molecule has 5 heteroatoms. The number of hydrogen-bond acceptors (Lipinski definition) is 2. The molecule has 0 saturated heterocycles. The van der Waals surface area contributed by atoms with Gasteiger partial charge in [-0.2, -0.15) is 5.10 Å². The molecule has 0 saturated carbocycles. The largest absolute Gasteiger partial charge is 0.272 e. The molecule has 0 bridgehead atoms. The maximum atomic E-state index is 11.9. The second-order valence-electron chi connectivity index (χ2n) is 4.24. The van der Waals surface area contributed by atoms with E-state index in [0.29, 0.717) is 15.6 Å². The van der Waals surface area contributed by atoms with Gasteiger partial charge in [0, 0.05) is 5.02 Å². The average Bonchev–Trinajstić information content (AvgIpc) is 2.38. The lowest BCUT2D eigenvalue weighted by Crippen LogP contribution is -2.18. The van der Waals surface area contributed by atoms with E-state index in [0.717, 1.165) is 11.1 Å². The van der Waals surface area contributed by atoms with Gasteiger partial charge in [-0.1, -0.05) is 41.4 Å². The summed E-state index contributed by atoms with van der Waals surface area (Å²) in [6.45, 7) is 1.91. The molecule has 102 valence electrons. The maximum Gasteiger partial charge on any atom is 0.272 e. The molecule has 20 heavy (non-hydrogen) atoms. The van der Waals surface area contributed by atoms with Crippen LogP contribution in [-0.2, 0) is 0 Å². The highest BCUT2D eigenvalue weighted by Crippen LogP contribution is 2.17. The summed E-state index contributed by atoms with van der Waals surface area (Å²) in [5.74, 6) is -0.353. The van der Waals surface area contributed by atoms with Crippen molar-refractivity contribution in [2.24, 2.45) is 5.10 Å². The lowest BCUT2D eigenvalue weighted by atomic mass is 10.1. The summed E-state index contributed by atoms with van der Waals surface area (Å²) >= 11 is 11.9. The molecule has 3 nitrogen and oxygen atoms in total. The third kappa shape index (κ3) is 3.83. The molecule has 0 atom stereocenters.